The molecule has 0 fully saturated rings. The Morgan fingerprint density at radius 2 is 0.481 bits per heavy atom. The molecule has 6 heteroatoms. The normalized spacial score (nSPS) is 12.9. The van der Waals surface area contributed by atoms with Gasteiger partial charge in [0.2, 0.25) is 0 Å². The van der Waals surface area contributed by atoms with Gasteiger partial charge >= 0.3 is 17.9 Å². The minimum Gasteiger partial charge on any atom is -0.462 e. The van der Waals surface area contributed by atoms with E-state index in [1.165, 1.54) is 148 Å². The van der Waals surface area contributed by atoms with Gasteiger partial charge in [-0.25, -0.2) is 0 Å². The highest BCUT2D eigenvalue weighted by Crippen LogP contribution is 2.17. The van der Waals surface area contributed by atoms with E-state index in [0.29, 0.717) is 19.3 Å². The molecular weight excluding hydrogens is 997 g/mol. The number of carbonyl (C=O) groups is 3. The van der Waals surface area contributed by atoms with Crippen molar-refractivity contribution in [1.29, 1.82) is 0 Å². The zero-order valence-corrected chi connectivity index (χ0v) is 53.0. The second kappa shape index (κ2) is 68.3. The molecule has 1 atom stereocenters. The zero-order valence-electron chi connectivity index (χ0n) is 53.0. The van der Waals surface area contributed by atoms with Gasteiger partial charge in [-0.05, 0) is 116 Å². The molecule has 0 rings (SSSR count). The van der Waals surface area contributed by atoms with Crippen LogP contribution in [-0.2, 0) is 28.6 Å². The Hall–Kier alpha value is -4.19. The summed E-state index contributed by atoms with van der Waals surface area (Å²) in [6.07, 6.45) is 95.7. The van der Waals surface area contributed by atoms with Gasteiger partial charge in [-0.2, -0.15) is 0 Å². The summed E-state index contributed by atoms with van der Waals surface area (Å²) >= 11 is 0. The van der Waals surface area contributed by atoms with Crippen molar-refractivity contribution >= 4 is 17.9 Å². The van der Waals surface area contributed by atoms with Gasteiger partial charge in [-0.1, -0.05) is 303 Å². The summed E-state index contributed by atoms with van der Waals surface area (Å²) in [7, 11) is 0. The summed E-state index contributed by atoms with van der Waals surface area (Å²) in [4.78, 5) is 38.0. The molecule has 0 spiro atoms. The maximum Gasteiger partial charge on any atom is 0.306 e. The Bertz CT molecular complexity index is 1670. The summed E-state index contributed by atoms with van der Waals surface area (Å²) in [6.45, 7) is 6.41. The van der Waals surface area contributed by atoms with E-state index < -0.39 is 6.10 Å². The maximum absolute atomic E-state index is 12.8. The molecule has 0 aliphatic heterocycles. The second-order valence-electron chi connectivity index (χ2n) is 22.4. The number of hydrogen-bond donors (Lipinski definition) is 0. The molecular formula is C75H126O6. The summed E-state index contributed by atoms with van der Waals surface area (Å²) in [5, 5.41) is 0. The molecule has 6 nitrogen and oxygen atoms in total. The van der Waals surface area contributed by atoms with Crippen molar-refractivity contribution in [2.75, 3.05) is 13.2 Å². The molecule has 0 aromatic heterocycles. The van der Waals surface area contributed by atoms with Crippen molar-refractivity contribution in [2.45, 2.75) is 322 Å². The molecule has 1 unspecified atom stereocenters. The Kier molecular flexibility index (Phi) is 64.8. The number of esters is 3. The van der Waals surface area contributed by atoms with Crippen LogP contribution in [0.5, 0.6) is 0 Å². The fraction of sp³-hybridized carbons (Fsp3) is 0.693. The molecule has 462 valence electrons. The molecule has 0 aromatic rings. The van der Waals surface area contributed by atoms with Gasteiger partial charge < -0.3 is 14.2 Å². The number of rotatable bonds is 61. The predicted octanol–water partition coefficient (Wildman–Crippen LogP) is 23.6. The second-order valence-corrected chi connectivity index (χ2v) is 22.4. The van der Waals surface area contributed by atoms with Crippen LogP contribution in [0.2, 0.25) is 0 Å². The van der Waals surface area contributed by atoms with Crippen LogP contribution >= 0.6 is 0 Å². The molecule has 0 N–H and O–H groups in total. The third-order valence-corrected chi connectivity index (χ3v) is 14.5. The molecule has 0 bridgehead atoms. The van der Waals surface area contributed by atoms with E-state index in [-0.39, 0.29) is 37.5 Å². The third-order valence-electron chi connectivity index (χ3n) is 14.5. The van der Waals surface area contributed by atoms with Gasteiger partial charge in [0.1, 0.15) is 13.2 Å². The van der Waals surface area contributed by atoms with Crippen molar-refractivity contribution in [2.24, 2.45) is 0 Å². The Morgan fingerprint density at radius 3 is 0.778 bits per heavy atom. The lowest BCUT2D eigenvalue weighted by Gasteiger charge is -2.18. The highest BCUT2D eigenvalue weighted by molar-refractivity contribution is 5.71. The Balaban J connectivity index is 4.07. The number of ether oxygens (including phenoxy) is 3. The molecule has 0 saturated carbocycles. The average molecular weight is 1120 g/mol. The average Bonchev–Trinajstić information content (AvgIpc) is 3.47. The Morgan fingerprint density at radius 1 is 0.259 bits per heavy atom. The van der Waals surface area contributed by atoms with E-state index in [0.717, 1.165) is 122 Å². The molecule has 0 heterocycles. The van der Waals surface area contributed by atoms with E-state index >= 15 is 0 Å². The monoisotopic (exact) mass is 1120 g/mol. The highest BCUT2D eigenvalue weighted by atomic mass is 16.6. The standard InChI is InChI=1S/C75H126O6/c1-4-7-10-13-15-17-19-21-23-25-27-29-31-33-35-36-37-38-40-41-43-45-47-49-51-53-55-57-59-62-65-68-74(77)80-71-72(70-79-73(76)67-64-61-12-9-6-3)81-75(78)69-66-63-60-58-56-54-52-50-48-46-44-42-39-34-32-30-28-26-24-22-20-18-16-14-11-8-5-2/h8,11,16,18-19,21-22,24-25,27-28,30,34,39,44,46,50,52,56,58,72H,4-7,9-10,12-15,17,20,23,26,29,31-33,35-38,40-43,45,47-49,51,53-55,57,59-71H2,1-3H3/b11-8-,18-16-,21-19-,24-22-,27-25-,30-28-,39-34-,46-44-,52-50-,58-56-. The molecule has 0 amide bonds. The van der Waals surface area contributed by atoms with Crippen LogP contribution in [0.3, 0.4) is 0 Å². The van der Waals surface area contributed by atoms with Gasteiger partial charge in [-0.3, -0.25) is 14.4 Å². The summed E-state index contributed by atoms with van der Waals surface area (Å²) in [5.41, 5.74) is 0. The molecule has 0 aliphatic carbocycles. The summed E-state index contributed by atoms with van der Waals surface area (Å²) < 4.78 is 16.7. The number of carbonyl (C=O) groups excluding carboxylic acids is 3. The molecule has 81 heavy (non-hydrogen) atoms. The van der Waals surface area contributed by atoms with E-state index in [2.05, 4.69) is 142 Å². The first-order valence-electron chi connectivity index (χ1n) is 34.0. The maximum atomic E-state index is 12.8. The van der Waals surface area contributed by atoms with Crippen LogP contribution in [-0.4, -0.2) is 37.2 Å². The van der Waals surface area contributed by atoms with Crippen molar-refractivity contribution < 1.29 is 28.6 Å². The van der Waals surface area contributed by atoms with E-state index in [4.69, 9.17) is 14.2 Å². The van der Waals surface area contributed by atoms with Crippen molar-refractivity contribution in [3.8, 4) is 0 Å². The van der Waals surface area contributed by atoms with Crippen LogP contribution in [0.4, 0.5) is 0 Å². The van der Waals surface area contributed by atoms with E-state index in [9.17, 15) is 14.4 Å². The number of hydrogen-bond acceptors (Lipinski definition) is 6. The van der Waals surface area contributed by atoms with Gasteiger partial charge in [0.05, 0.1) is 0 Å². The minimum absolute atomic E-state index is 0.0957. The fourth-order valence-corrected chi connectivity index (χ4v) is 9.37. The van der Waals surface area contributed by atoms with Gasteiger partial charge in [0.15, 0.2) is 6.10 Å². The number of allylic oxidation sites excluding steroid dienone is 20. The predicted molar refractivity (Wildman–Crippen MR) is 353 cm³/mol. The largest absolute Gasteiger partial charge is 0.462 e. The summed E-state index contributed by atoms with van der Waals surface area (Å²) in [5.74, 6) is -0.949. The molecule has 0 radical (unpaired) electrons. The first-order valence-corrected chi connectivity index (χ1v) is 34.0. The van der Waals surface area contributed by atoms with Gasteiger partial charge in [-0.15, -0.1) is 0 Å². The minimum atomic E-state index is -0.800. The van der Waals surface area contributed by atoms with Crippen LogP contribution in [0.25, 0.3) is 0 Å². The smallest absolute Gasteiger partial charge is 0.306 e. The Labute approximate surface area is 501 Å². The molecule has 0 aromatic carbocycles. The molecule has 0 aliphatic rings. The van der Waals surface area contributed by atoms with Crippen molar-refractivity contribution in [3.05, 3.63) is 122 Å². The lowest BCUT2D eigenvalue weighted by molar-refractivity contribution is -0.167. The SMILES string of the molecule is CC/C=C\C/C=C\C/C=C\C/C=C\C/C=C\C/C=C\C/C=C\C/C=C\CCCCC(=O)OC(COC(=O)CCCCCCC)COC(=O)CCCCCCCCCCCCCCCCCCCCC/C=C\C/C=C\CCCCCCC. The third kappa shape index (κ3) is 66.5. The summed E-state index contributed by atoms with van der Waals surface area (Å²) in [6, 6.07) is 0. The lowest BCUT2D eigenvalue weighted by atomic mass is 10.0. The van der Waals surface area contributed by atoms with E-state index in [1.807, 2.05) is 0 Å². The van der Waals surface area contributed by atoms with Crippen LogP contribution in [0.1, 0.15) is 316 Å². The van der Waals surface area contributed by atoms with Gasteiger partial charge in [0.25, 0.3) is 0 Å². The molecule has 0 saturated heterocycles. The topological polar surface area (TPSA) is 78.9 Å². The van der Waals surface area contributed by atoms with Crippen LogP contribution in [0.15, 0.2) is 122 Å². The lowest BCUT2D eigenvalue weighted by Crippen LogP contribution is -2.30. The van der Waals surface area contributed by atoms with E-state index in [1.54, 1.807) is 0 Å². The quantitative estimate of drug-likeness (QED) is 0.0261. The van der Waals surface area contributed by atoms with Crippen LogP contribution in [0, 0.1) is 0 Å². The van der Waals surface area contributed by atoms with Crippen molar-refractivity contribution in [3.63, 3.8) is 0 Å². The van der Waals surface area contributed by atoms with Gasteiger partial charge in [0, 0.05) is 19.3 Å². The van der Waals surface area contributed by atoms with Crippen LogP contribution < -0.4 is 0 Å². The highest BCUT2D eigenvalue weighted by Gasteiger charge is 2.19. The fourth-order valence-electron chi connectivity index (χ4n) is 9.37. The first kappa shape index (κ1) is 76.8. The number of unbranched alkanes of at least 4 members (excludes halogenated alkanes) is 30. The van der Waals surface area contributed by atoms with Crippen molar-refractivity contribution in [1.82, 2.24) is 0 Å². The first-order chi connectivity index (χ1) is 40.0. The zero-order chi connectivity index (χ0) is 58.5.